The zero-order valence-electron chi connectivity index (χ0n) is 7.14. The first-order chi connectivity index (χ1) is 5.70. The molecule has 0 heterocycles. The van der Waals surface area contributed by atoms with E-state index in [-0.39, 0.29) is 5.91 Å². The van der Waals surface area contributed by atoms with Crippen LogP contribution in [0.1, 0.15) is 0 Å². The Morgan fingerprint density at radius 2 is 2.42 bits per heavy atom. The van der Waals surface area contributed by atoms with Gasteiger partial charge in [0.15, 0.2) is 0 Å². The van der Waals surface area contributed by atoms with Crippen LogP contribution in [0.3, 0.4) is 0 Å². The Hall–Kier alpha value is -0.530. The number of hydrogen-bond acceptors (Lipinski definition) is 2. The summed E-state index contributed by atoms with van der Waals surface area (Å²) in [5.74, 6) is 2.53. The molecule has 0 aliphatic heterocycles. The van der Waals surface area contributed by atoms with Crippen molar-refractivity contribution in [3.05, 3.63) is 0 Å². The van der Waals surface area contributed by atoms with Crippen molar-refractivity contribution in [2.45, 2.75) is 0 Å². The van der Waals surface area contributed by atoms with Gasteiger partial charge in [0.25, 0.3) is 0 Å². The van der Waals surface area contributed by atoms with E-state index in [0.29, 0.717) is 18.4 Å². The summed E-state index contributed by atoms with van der Waals surface area (Å²) in [4.78, 5) is 12.7. The maximum Gasteiger partial charge on any atom is 0.230 e. The Labute approximate surface area is 81.6 Å². The van der Waals surface area contributed by atoms with E-state index in [4.69, 9.17) is 6.42 Å². The maximum absolute atomic E-state index is 10.7. The number of terminal acetylenes is 1. The first kappa shape index (κ1) is 11.5. The second-order valence-corrected chi connectivity index (χ2v) is 2.99. The van der Waals surface area contributed by atoms with Crippen molar-refractivity contribution in [1.82, 2.24) is 10.2 Å². The highest BCUT2D eigenvalue weighted by Crippen LogP contribution is 1.80. The highest BCUT2D eigenvalue weighted by Gasteiger charge is 1.98. The molecule has 0 atom stereocenters. The Morgan fingerprint density at radius 3 is 2.92 bits per heavy atom. The minimum atomic E-state index is 0.00380. The summed E-state index contributed by atoms with van der Waals surface area (Å²) in [5, 5.41) is 3.08. The van der Waals surface area contributed by atoms with E-state index in [0.717, 1.165) is 6.54 Å². The van der Waals surface area contributed by atoms with Crippen molar-refractivity contribution in [3.63, 3.8) is 0 Å². The van der Waals surface area contributed by atoms with Crippen LogP contribution < -0.4 is 5.32 Å². The fraction of sp³-hybridized carbons (Fsp3) is 0.625. The summed E-state index contributed by atoms with van der Waals surface area (Å²) in [5.41, 5.74) is 0. The van der Waals surface area contributed by atoms with Crippen molar-refractivity contribution in [2.24, 2.45) is 0 Å². The van der Waals surface area contributed by atoms with Crippen LogP contribution in [-0.4, -0.2) is 42.8 Å². The van der Waals surface area contributed by atoms with Crippen molar-refractivity contribution in [2.75, 3.05) is 32.0 Å². The van der Waals surface area contributed by atoms with Crippen molar-refractivity contribution in [3.8, 4) is 12.3 Å². The minimum Gasteiger partial charge on any atom is -0.354 e. The Morgan fingerprint density at radius 1 is 1.75 bits per heavy atom. The van der Waals surface area contributed by atoms with Crippen LogP contribution >= 0.6 is 15.9 Å². The summed E-state index contributed by atoms with van der Waals surface area (Å²) in [7, 11) is 1.92. The number of nitrogens with zero attached hydrogens (tertiary/aromatic N) is 1. The molecule has 0 aliphatic carbocycles. The molecular weight excluding hydrogens is 220 g/mol. The second kappa shape index (κ2) is 7.14. The number of nitrogens with one attached hydrogen (secondary N) is 1. The molecule has 0 aliphatic rings. The van der Waals surface area contributed by atoms with Crippen LogP contribution in [0.2, 0.25) is 0 Å². The highest BCUT2D eigenvalue weighted by molar-refractivity contribution is 9.09. The fourth-order valence-corrected chi connectivity index (χ4v) is 0.867. The molecule has 0 saturated carbocycles. The van der Waals surface area contributed by atoms with Crippen LogP contribution in [-0.2, 0) is 4.79 Å². The lowest BCUT2D eigenvalue weighted by Gasteiger charge is -2.12. The molecular formula is C8H13BrN2O. The third-order valence-electron chi connectivity index (χ3n) is 1.30. The molecule has 0 rings (SSSR count). The lowest BCUT2D eigenvalue weighted by Crippen LogP contribution is -2.33. The number of amides is 1. The van der Waals surface area contributed by atoms with Gasteiger partial charge >= 0.3 is 0 Å². The van der Waals surface area contributed by atoms with Crippen LogP contribution in [0.15, 0.2) is 0 Å². The van der Waals surface area contributed by atoms with Gasteiger partial charge in [0.05, 0.1) is 11.9 Å². The van der Waals surface area contributed by atoms with E-state index < -0.39 is 0 Å². The summed E-state index contributed by atoms with van der Waals surface area (Å²) in [6, 6.07) is 0. The molecule has 0 aromatic heterocycles. The average molecular weight is 233 g/mol. The number of carbonyl (C=O) groups is 1. The van der Waals surface area contributed by atoms with E-state index in [1.807, 2.05) is 11.9 Å². The maximum atomic E-state index is 10.7. The van der Waals surface area contributed by atoms with Crippen molar-refractivity contribution < 1.29 is 4.79 Å². The van der Waals surface area contributed by atoms with Crippen LogP contribution in [0.4, 0.5) is 0 Å². The molecule has 12 heavy (non-hydrogen) atoms. The largest absolute Gasteiger partial charge is 0.354 e. The molecule has 1 N–H and O–H groups in total. The summed E-state index contributed by atoms with van der Waals surface area (Å²) >= 11 is 3.05. The van der Waals surface area contributed by atoms with E-state index in [2.05, 4.69) is 27.2 Å². The quantitative estimate of drug-likeness (QED) is 0.538. The van der Waals surface area contributed by atoms with Crippen molar-refractivity contribution in [1.29, 1.82) is 0 Å². The van der Waals surface area contributed by atoms with Gasteiger partial charge in [0.1, 0.15) is 0 Å². The predicted molar refractivity (Wildman–Crippen MR) is 53.1 cm³/mol. The minimum absolute atomic E-state index is 0.00380. The number of carbonyl (C=O) groups excluding carboxylic acids is 1. The normalized spacial score (nSPS) is 9.50. The summed E-state index contributed by atoms with van der Waals surface area (Å²) < 4.78 is 0. The van der Waals surface area contributed by atoms with Gasteiger partial charge in [0.2, 0.25) is 5.91 Å². The van der Waals surface area contributed by atoms with E-state index >= 15 is 0 Å². The van der Waals surface area contributed by atoms with E-state index in [1.165, 1.54) is 0 Å². The van der Waals surface area contributed by atoms with Crippen LogP contribution in [0.25, 0.3) is 0 Å². The van der Waals surface area contributed by atoms with Crippen molar-refractivity contribution >= 4 is 21.8 Å². The molecule has 68 valence electrons. The second-order valence-electron chi connectivity index (χ2n) is 2.43. The molecule has 0 bridgehead atoms. The van der Waals surface area contributed by atoms with Gasteiger partial charge in [-0.25, -0.2) is 0 Å². The molecule has 0 aromatic rings. The highest BCUT2D eigenvalue weighted by atomic mass is 79.9. The van der Waals surface area contributed by atoms with Gasteiger partial charge in [-0.05, 0) is 7.05 Å². The molecule has 4 heteroatoms. The Balaban J connectivity index is 3.31. The average Bonchev–Trinajstić information content (AvgIpc) is 2.04. The van der Waals surface area contributed by atoms with Gasteiger partial charge in [0, 0.05) is 13.1 Å². The Bertz CT molecular complexity index is 176. The molecule has 0 radical (unpaired) electrons. The van der Waals surface area contributed by atoms with Crippen LogP contribution in [0.5, 0.6) is 0 Å². The van der Waals surface area contributed by atoms with Gasteiger partial charge in [-0.1, -0.05) is 21.9 Å². The first-order valence-corrected chi connectivity index (χ1v) is 4.77. The van der Waals surface area contributed by atoms with E-state index in [9.17, 15) is 4.79 Å². The fourth-order valence-electron chi connectivity index (χ4n) is 0.668. The molecule has 0 fully saturated rings. The molecule has 1 amide bonds. The lowest BCUT2D eigenvalue weighted by atomic mass is 10.5. The SMILES string of the molecule is C#CCN(C)CCNC(=O)CBr. The topological polar surface area (TPSA) is 32.3 Å². The number of likely N-dealkylation sites (N-methyl/N-ethyl adjacent to an activating group) is 1. The molecule has 0 unspecified atom stereocenters. The lowest BCUT2D eigenvalue weighted by molar-refractivity contribution is -0.118. The Kier molecular flexibility index (Phi) is 6.82. The number of alkyl halides is 1. The van der Waals surface area contributed by atoms with Gasteiger partial charge < -0.3 is 5.32 Å². The zero-order valence-corrected chi connectivity index (χ0v) is 8.73. The molecule has 3 nitrogen and oxygen atoms in total. The number of rotatable bonds is 5. The van der Waals surface area contributed by atoms with Gasteiger partial charge in [-0.15, -0.1) is 6.42 Å². The molecule has 0 spiro atoms. The zero-order chi connectivity index (χ0) is 9.40. The standard InChI is InChI=1S/C8H13BrN2O/c1-3-5-11(2)6-4-10-8(12)7-9/h1H,4-7H2,2H3,(H,10,12). The predicted octanol–water partition coefficient (Wildman–Crippen LogP) is 0.0625. The monoisotopic (exact) mass is 232 g/mol. The van der Waals surface area contributed by atoms with Gasteiger partial charge in [-0.2, -0.15) is 0 Å². The number of hydrogen-bond donors (Lipinski definition) is 1. The third-order valence-corrected chi connectivity index (χ3v) is 1.81. The van der Waals surface area contributed by atoms with Gasteiger partial charge in [-0.3, -0.25) is 9.69 Å². The summed E-state index contributed by atoms with van der Waals surface area (Å²) in [6.07, 6.45) is 5.10. The summed E-state index contributed by atoms with van der Waals surface area (Å²) in [6.45, 7) is 2.04. The third kappa shape index (κ3) is 6.20. The molecule has 0 saturated heterocycles. The van der Waals surface area contributed by atoms with Crippen LogP contribution in [0, 0.1) is 12.3 Å². The molecule has 0 aromatic carbocycles. The smallest absolute Gasteiger partial charge is 0.230 e. The first-order valence-electron chi connectivity index (χ1n) is 3.65. The van der Waals surface area contributed by atoms with E-state index in [1.54, 1.807) is 0 Å². The number of halogens is 1.